The second-order valence-electron chi connectivity index (χ2n) is 4.48. The average molecular weight is 242 g/mol. The maximum absolute atomic E-state index is 11.8. The standard InChI is InChI=1S/C13H14N4O/c1-9-14-12(13(18)15-10-7-8-10)16-17(9)11-5-3-2-4-6-11/h2-6,10H,7-8H2,1H3,(H,15,18). The zero-order valence-corrected chi connectivity index (χ0v) is 10.1. The fraction of sp³-hybridized carbons (Fsp3) is 0.308. The van der Waals surface area contributed by atoms with Gasteiger partial charge in [-0.15, -0.1) is 5.10 Å². The molecule has 18 heavy (non-hydrogen) atoms. The number of carbonyl (C=O) groups excluding carboxylic acids is 1. The number of aryl methyl sites for hydroxylation is 1. The third-order valence-corrected chi connectivity index (χ3v) is 2.89. The van der Waals surface area contributed by atoms with E-state index in [4.69, 9.17) is 0 Å². The molecule has 1 aliphatic rings. The predicted molar refractivity (Wildman–Crippen MR) is 66.6 cm³/mol. The van der Waals surface area contributed by atoms with Crippen molar-refractivity contribution in [3.05, 3.63) is 42.0 Å². The van der Waals surface area contributed by atoms with E-state index < -0.39 is 0 Å². The van der Waals surface area contributed by atoms with E-state index in [0.29, 0.717) is 11.9 Å². The van der Waals surface area contributed by atoms with Crippen LogP contribution in [0.4, 0.5) is 0 Å². The smallest absolute Gasteiger partial charge is 0.291 e. The SMILES string of the molecule is Cc1nc(C(=O)NC2CC2)nn1-c1ccccc1. The summed E-state index contributed by atoms with van der Waals surface area (Å²) in [5.74, 6) is 0.765. The van der Waals surface area contributed by atoms with Gasteiger partial charge in [0.1, 0.15) is 5.82 Å². The molecule has 5 nitrogen and oxygen atoms in total. The van der Waals surface area contributed by atoms with Crippen LogP contribution in [0.25, 0.3) is 5.69 Å². The zero-order valence-electron chi connectivity index (χ0n) is 10.1. The Labute approximate surface area is 105 Å². The van der Waals surface area contributed by atoms with Gasteiger partial charge < -0.3 is 5.32 Å². The lowest BCUT2D eigenvalue weighted by Gasteiger charge is -2.01. The number of aromatic nitrogens is 3. The van der Waals surface area contributed by atoms with E-state index in [1.165, 1.54) is 0 Å². The fourth-order valence-corrected chi connectivity index (χ4v) is 1.78. The van der Waals surface area contributed by atoms with Gasteiger partial charge in [-0.25, -0.2) is 9.67 Å². The van der Waals surface area contributed by atoms with Crippen molar-refractivity contribution in [3.8, 4) is 5.69 Å². The molecule has 0 spiro atoms. The molecule has 1 aromatic heterocycles. The van der Waals surface area contributed by atoms with Crippen LogP contribution in [0.3, 0.4) is 0 Å². The van der Waals surface area contributed by atoms with Crippen LogP contribution in [0.5, 0.6) is 0 Å². The highest BCUT2D eigenvalue weighted by Gasteiger charge is 2.25. The van der Waals surface area contributed by atoms with Gasteiger partial charge in [-0.1, -0.05) is 18.2 Å². The number of carbonyl (C=O) groups is 1. The normalized spacial score (nSPS) is 14.5. The number of para-hydroxylation sites is 1. The largest absolute Gasteiger partial charge is 0.347 e. The first kappa shape index (κ1) is 11.0. The van der Waals surface area contributed by atoms with E-state index >= 15 is 0 Å². The van der Waals surface area contributed by atoms with Gasteiger partial charge in [0, 0.05) is 6.04 Å². The molecule has 3 rings (SSSR count). The van der Waals surface area contributed by atoms with Gasteiger partial charge in [-0.05, 0) is 31.9 Å². The maximum Gasteiger partial charge on any atom is 0.291 e. The van der Waals surface area contributed by atoms with Crippen LogP contribution in [0.2, 0.25) is 0 Å². The minimum Gasteiger partial charge on any atom is -0.347 e. The molecule has 1 aliphatic carbocycles. The number of hydrogen-bond acceptors (Lipinski definition) is 3. The van der Waals surface area contributed by atoms with Gasteiger partial charge in [-0.3, -0.25) is 4.79 Å². The van der Waals surface area contributed by atoms with Crippen LogP contribution in [-0.2, 0) is 0 Å². The van der Waals surface area contributed by atoms with E-state index in [1.807, 2.05) is 37.3 Å². The first-order valence-electron chi connectivity index (χ1n) is 6.04. The zero-order chi connectivity index (χ0) is 12.5. The summed E-state index contributed by atoms with van der Waals surface area (Å²) in [5, 5.41) is 7.14. The van der Waals surface area contributed by atoms with E-state index in [-0.39, 0.29) is 11.7 Å². The number of nitrogens with one attached hydrogen (secondary N) is 1. The number of hydrogen-bond donors (Lipinski definition) is 1. The molecule has 0 aliphatic heterocycles. The van der Waals surface area contributed by atoms with Gasteiger partial charge in [-0.2, -0.15) is 0 Å². The third-order valence-electron chi connectivity index (χ3n) is 2.89. The van der Waals surface area contributed by atoms with E-state index in [0.717, 1.165) is 18.5 Å². The highest BCUT2D eigenvalue weighted by atomic mass is 16.2. The first-order chi connectivity index (χ1) is 8.74. The Morgan fingerprint density at radius 3 is 2.72 bits per heavy atom. The Morgan fingerprint density at radius 2 is 2.06 bits per heavy atom. The number of amides is 1. The minimum absolute atomic E-state index is 0.185. The van der Waals surface area contributed by atoms with Gasteiger partial charge in [0.15, 0.2) is 0 Å². The number of rotatable bonds is 3. The predicted octanol–water partition coefficient (Wildman–Crippen LogP) is 1.47. The van der Waals surface area contributed by atoms with Gasteiger partial charge in [0.25, 0.3) is 5.91 Å². The van der Waals surface area contributed by atoms with Crippen molar-refractivity contribution in [1.82, 2.24) is 20.1 Å². The average Bonchev–Trinajstić information content (AvgIpc) is 3.10. The fourth-order valence-electron chi connectivity index (χ4n) is 1.78. The molecule has 1 saturated carbocycles. The van der Waals surface area contributed by atoms with Crippen molar-refractivity contribution < 1.29 is 4.79 Å². The Morgan fingerprint density at radius 1 is 1.33 bits per heavy atom. The highest BCUT2D eigenvalue weighted by molar-refractivity contribution is 5.90. The molecule has 1 heterocycles. The lowest BCUT2D eigenvalue weighted by molar-refractivity contribution is 0.0940. The van der Waals surface area contributed by atoms with Crippen LogP contribution in [0.1, 0.15) is 29.3 Å². The Hall–Kier alpha value is -2.17. The Kier molecular flexibility index (Phi) is 2.59. The monoisotopic (exact) mass is 242 g/mol. The van der Waals surface area contributed by atoms with Crippen LogP contribution in [0.15, 0.2) is 30.3 Å². The van der Waals surface area contributed by atoms with Gasteiger partial charge in [0.05, 0.1) is 5.69 Å². The van der Waals surface area contributed by atoms with Crippen LogP contribution < -0.4 is 5.32 Å². The summed E-state index contributed by atoms with van der Waals surface area (Å²) in [5.41, 5.74) is 0.910. The number of nitrogens with zero attached hydrogens (tertiary/aromatic N) is 3. The van der Waals surface area contributed by atoms with Crippen molar-refractivity contribution in [2.75, 3.05) is 0 Å². The van der Waals surface area contributed by atoms with Crippen LogP contribution in [0, 0.1) is 6.92 Å². The molecule has 0 atom stereocenters. The molecule has 1 amide bonds. The van der Waals surface area contributed by atoms with E-state index in [2.05, 4.69) is 15.4 Å². The van der Waals surface area contributed by atoms with E-state index in [1.54, 1.807) is 4.68 Å². The Bertz CT molecular complexity index is 572. The quantitative estimate of drug-likeness (QED) is 0.886. The van der Waals surface area contributed by atoms with Gasteiger partial charge >= 0.3 is 0 Å². The second kappa shape index (κ2) is 4.25. The lowest BCUT2D eigenvalue weighted by Crippen LogP contribution is -2.26. The van der Waals surface area contributed by atoms with Crippen LogP contribution >= 0.6 is 0 Å². The third kappa shape index (κ3) is 2.11. The van der Waals surface area contributed by atoms with Crippen molar-refractivity contribution in [3.63, 3.8) is 0 Å². The summed E-state index contributed by atoms with van der Waals surface area (Å²) in [6.45, 7) is 1.84. The molecule has 0 saturated heterocycles. The first-order valence-corrected chi connectivity index (χ1v) is 6.04. The molecule has 0 bridgehead atoms. The maximum atomic E-state index is 11.8. The molecular formula is C13H14N4O. The van der Waals surface area contributed by atoms with Gasteiger partial charge in [0.2, 0.25) is 5.82 Å². The van der Waals surface area contributed by atoms with Crippen molar-refractivity contribution in [1.29, 1.82) is 0 Å². The summed E-state index contributed by atoms with van der Waals surface area (Å²) < 4.78 is 1.68. The molecule has 5 heteroatoms. The summed E-state index contributed by atoms with van der Waals surface area (Å²) in [4.78, 5) is 16.1. The molecule has 0 radical (unpaired) electrons. The molecule has 92 valence electrons. The van der Waals surface area contributed by atoms with E-state index in [9.17, 15) is 4.79 Å². The molecule has 0 unspecified atom stereocenters. The van der Waals surface area contributed by atoms with Crippen molar-refractivity contribution in [2.24, 2.45) is 0 Å². The highest BCUT2D eigenvalue weighted by Crippen LogP contribution is 2.19. The van der Waals surface area contributed by atoms with Crippen LogP contribution in [-0.4, -0.2) is 26.7 Å². The van der Waals surface area contributed by atoms with Crippen molar-refractivity contribution in [2.45, 2.75) is 25.8 Å². The summed E-state index contributed by atoms with van der Waals surface area (Å²) in [6, 6.07) is 9.99. The minimum atomic E-state index is -0.185. The Balaban J connectivity index is 1.88. The molecular weight excluding hydrogens is 228 g/mol. The molecule has 2 aromatic rings. The summed E-state index contributed by atoms with van der Waals surface area (Å²) in [7, 11) is 0. The summed E-state index contributed by atoms with van der Waals surface area (Å²) >= 11 is 0. The van der Waals surface area contributed by atoms with Crippen molar-refractivity contribution >= 4 is 5.91 Å². The number of benzene rings is 1. The second-order valence-corrected chi connectivity index (χ2v) is 4.48. The topological polar surface area (TPSA) is 59.8 Å². The molecule has 1 aromatic carbocycles. The lowest BCUT2D eigenvalue weighted by atomic mass is 10.3. The summed E-state index contributed by atoms with van der Waals surface area (Å²) in [6.07, 6.45) is 2.12. The molecule has 1 N–H and O–H groups in total. The molecule has 1 fully saturated rings.